The van der Waals surface area contributed by atoms with Gasteiger partial charge in [0.2, 0.25) is 0 Å². The van der Waals surface area contributed by atoms with E-state index in [2.05, 4.69) is 14.9 Å². The molecule has 0 radical (unpaired) electrons. The van der Waals surface area contributed by atoms with Gasteiger partial charge in [0.25, 0.3) is 5.56 Å². The first-order valence-electron chi connectivity index (χ1n) is 7.61. The Morgan fingerprint density at radius 1 is 1.30 bits per heavy atom. The molecule has 2 aromatic heterocycles. The van der Waals surface area contributed by atoms with Crippen LogP contribution < -0.4 is 11.3 Å². The molecule has 0 bridgehead atoms. The number of ether oxygens (including phenoxy) is 1. The number of likely N-dealkylation sites (tertiary alicyclic amines) is 1. The van der Waals surface area contributed by atoms with E-state index in [1.54, 1.807) is 23.0 Å². The average molecular weight is 317 g/mol. The molecule has 23 heavy (non-hydrogen) atoms. The van der Waals surface area contributed by atoms with Crippen molar-refractivity contribution in [2.24, 2.45) is 5.73 Å². The van der Waals surface area contributed by atoms with Crippen molar-refractivity contribution in [3.05, 3.63) is 35.0 Å². The quantitative estimate of drug-likeness (QED) is 0.873. The summed E-state index contributed by atoms with van der Waals surface area (Å²) in [6, 6.07) is 1.80. The van der Waals surface area contributed by atoms with E-state index in [-0.39, 0.29) is 11.7 Å². The molecule has 122 valence electrons. The van der Waals surface area contributed by atoms with Crippen molar-refractivity contribution in [2.75, 3.05) is 19.6 Å². The highest BCUT2D eigenvalue weighted by atomic mass is 16.6. The fourth-order valence-electron chi connectivity index (χ4n) is 2.91. The molecule has 3 rings (SSSR count). The van der Waals surface area contributed by atoms with Crippen LogP contribution >= 0.6 is 0 Å². The second kappa shape index (κ2) is 6.74. The highest BCUT2D eigenvalue weighted by Gasteiger charge is 2.21. The number of primary amides is 1. The van der Waals surface area contributed by atoms with Crippen LogP contribution in [0.1, 0.15) is 12.8 Å². The molecule has 8 heteroatoms. The fourth-order valence-corrected chi connectivity index (χ4v) is 2.91. The molecule has 1 saturated heterocycles. The number of pyridine rings is 1. The molecule has 1 fully saturated rings. The van der Waals surface area contributed by atoms with Gasteiger partial charge < -0.3 is 19.9 Å². The normalized spacial score (nSPS) is 16.5. The molecule has 0 unspecified atom stereocenters. The van der Waals surface area contributed by atoms with Gasteiger partial charge in [0, 0.05) is 32.4 Å². The van der Waals surface area contributed by atoms with Gasteiger partial charge in [-0.2, -0.15) is 0 Å². The number of carbonyl (C=O) groups excluding carboxylic acids is 1. The molecule has 0 spiro atoms. The third-order valence-corrected chi connectivity index (χ3v) is 4.11. The molecule has 1 aliphatic heterocycles. The largest absolute Gasteiger partial charge is 0.446 e. The number of aromatic nitrogens is 3. The Hall–Kier alpha value is -2.48. The second-order valence-electron chi connectivity index (χ2n) is 5.59. The lowest BCUT2D eigenvalue weighted by Gasteiger charge is -2.31. The summed E-state index contributed by atoms with van der Waals surface area (Å²) in [6.07, 6.45) is 5.35. The topological polar surface area (TPSA) is 103 Å². The van der Waals surface area contributed by atoms with Crippen molar-refractivity contribution in [3.63, 3.8) is 0 Å². The van der Waals surface area contributed by atoms with Crippen molar-refractivity contribution >= 4 is 17.1 Å². The summed E-state index contributed by atoms with van der Waals surface area (Å²) in [5.74, 6) is 0. The number of carbonyl (C=O) groups is 1. The van der Waals surface area contributed by atoms with Crippen molar-refractivity contribution in [1.82, 2.24) is 19.4 Å². The molecule has 2 N–H and O–H groups in total. The van der Waals surface area contributed by atoms with E-state index in [0.717, 1.165) is 38.0 Å². The van der Waals surface area contributed by atoms with E-state index in [1.807, 2.05) is 0 Å². The Balaban J connectivity index is 1.63. The van der Waals surface area contributed by atoms with Crippen LogP contribution in [0.5, 0.6) is 0 Å². The predicted molar refractivity (Wildman–Crippen MR) is 83.9 cm³/mol. The van der Waals surface area contributed by atoms with Gasteiger partial charge in [-0.05, 0) is 18.9 Å². The number of hydrogen-bond acceptors (Lipinski definition) is 6. The SMILES string of the molecule is NC(=O)OC1CCN(CCn2c(=O)cnc3cnccc32)CC1. The van der Waals surface area contributed by atoms with Gasteiger partial charge in [-0.3, -0.25) is 9.78 Å². The van der Waals surface area contributed by atoms with E-state index >= 15 is 0 Å². The highest BCUT2D eigenvalue weighted by Crippen LogP contribution is 2.14. The number of nitrogens with zero attached hydrogens (tertiary/aromatic N) is 4. The summed E-state index contributed by atoms with van der Waals surface area (Å²) in [5, 5.41) is 0. The Morgan fingerprint density at radius 2 is 2.09 bits per heavy atom. The van der Waals surface area contributed by atoms with Gasteiger partial charge in [0.1, 0.15) is 11.6 Å². The van der Waals surface area contributed by atoms with Gasteiger partial charge >= 0.3 is 6.09 Å². The zero-order valence-corrected chi connectivity index (χ0v) is 12.7. The van der Waals surface area contributed by atoms with Gasteiger partial charge in [-0.25, -0.2) is 9.78 Å². The highest BCUT2D eigenvalue weighted by molar-refractivity contribution is 5.72. The predicted octanol–water partition coefficient (Wildman–Crippen LogP) is 0.351. The molecule has 8 nitrogen and oxygen atoms in total. The summed E-state index contributed by atoms with van der Waals surface area (Å²) in [7, 11) is 0. The smallest absolute Gasteiger partial charge is 0.404 e. The van der Waals surface area contributed by atoms with Crippen LogP contribution in [0.3, 0.4) is 0 Å². The number of amides is 1. The minimum Gasteiger partial charge on any atom is -0.446 e. The first kappa shape index (κ1) is 15.4. The van der Waals surface area contributed by atoms with Gasteiger partial charge in [0.05, 0.1) is 17.9 Å². The van der Waals surface area contributed by atoms with Crippen molar-refractivity contribution < 1.29 is 9.53 Å². The summed E-state index contributed by atoms with van der Waals surface area (Å²) in [5.41, 5.74) is 6.42. The van der Waals surface area contributed by atoms with Crippen LogP contribution in [0.2, 0.25) is 0 Å². The summed E-state index contributed by atoms with van der Waals surface area (Å²) in [4.78, 5) is 33.2. The van der Waals surface area contributed by atoms with Gasteiger partial charge in [-0.1, -0.05) is 0 Å². The van der Waals surface area contributed by atoms with Gasteiger partial charge in [-0.15, -0.1) is 0 Å². The lowest BCUT2D eigenvalue weighted by atomic mass is 10.1. The number of piperidine rings is 1. The minimum atomic E-state index is -0.716. The van der Waals surface area contributed by atoms with E-state index in [0.29, 0.717) is 12.1 Å². The Bertz CT molecular complexity index is 752. The van der Waals surface area contributed by atoms with Gasteiger partial charge in [0.15, 0.2) is 0 Å². The van der Waals surface area contributed by atoms with Crippen molar-refractivity contribution in [2.45, 2.75) is 25.5 Å². The molecular weight excluding hydrogens is 298 g/mol. The monoisotopic (exact) mass is 317 g/mol. The number of fused-ring (bicyclic) bond motifs is 1. The number of rotatable bonds is 4. The number of nitrogens with two attached hydrogens (primary N) is 1. The standard InChI is InChI=1S/C15H19N5O3/c16-15(22)23-11-2-5-19(6-3-11)7-8-20-13-1-4-17-9-12(13)18-10-14(20)21/h1,4,9-11H,2-3,5-8H2,(H2,16,22). The molecule has 1 aliphatic rings. The second-order valence-corrected chi connectivity index (χ2v) is 5.59. The average Bonchev–Trinajstić information content (AvgIpc) is 2.55. The summed E-state index contributed by atoms with van der Waals surface area (Å²) >= 11 is 0. The van der Waals surface area contributed by atoms with Crippen LogP contribution in [-0.4, -0.2) is 51.3 Å². The van der Waals surface area contributed by atoms with Crippen molar-refractivity contribution in [1.29, 1.82) is 0 Å². The number of hydrogen-bond donors (Lipinski definition) is 1. The van der Waals surface area contributed by atoms with Crippen LogP contribution in [0.4, 0.5) is 4.79 Å². The minimum absolute atomic E-state index is 0.0979. The zero-order valence-electron chi connectivity index (χ0n) is 12.7. The van der Waals surface area contributed by atoms with E-state index in [4.69, 9.17) is 10.5 Å². The molecule has 0 atom stereocenters. The van der Waals surface area contributed by atoms with Crippen LogP contribution in [0, 0.1) is 0 Å². The Morgan fingerprint density at radius 3 is 2.83 bits per heavy atom. The van der Waals surface area contributed by atoms with Crippen LogP contribution in [0.15, 0.2) is 29.5 Å². The molecule has 0 aromatic carbocycles. The maximum absolute atomic E-state index is 12.1. The molecule has 3 heterocycles. The van der Waals surface area contributed by atoms with Crippen LogP contribution in [0.25, 0.3) is 11.0 Å². The maximum atomic E-state index is 12.1. The Kier molecular flexibility index (Phi) is 4.52. The molecular formula is C15H19N5O3. The lowest BCUT2D eigenvalue weighted by molar-refractivity contribution is 0.0554. The molecule has 2 aromatic rings. The summed E-state index contributed by atoms with van der Waals surface area (Å²) < 4.78 is 6.74. The van der Waals surface area contributed by atoms with Crippen LogP contribution in [-0.2, 0) is 11.3 Å². The third-order valence-electron chi connectivity index (χ3n) is 4.11. The third kappa shape index (κ3) is 3.65. The molecule has 1 amide bonds. The first-order chi connectivity index (χ1) is 11.1. The van der Waals surface area contributed by atoms with E-state index in [9.17, 15) is 9.59 Å². The molecule has 0 aliphatic carbocycles. The lowest BCUT2D eigenvalue weighted by Crippen LogP contribution is -2.40. The fraction of sp³-hybridized carbons (Fsp3) is 0.467. The van der Waals surface area contributed by atoms with Crippen molar-refractivity contribution in [3.8, 4) is 0 Å². The zero-order chi connectivity index (χ0) is 16.2. The Labute approximate surface area is 132 Å². The summed E-state index contributed by atoms with van der Waals surface area (Å²) in [6.45, 7) is 2.97. The maximum Gasteiger partial charge on any atom is 0.404 e. The van der Waals surface area contributed by atoms with E-state index < -0.39 is 6.09 Å². The van der Waals surface area contributed by atoms with E-state index in [1.165, 1.54) is 6.20 Å². The molecule has 0 saturated carbocycles. The first-order valence-corrected chi connectivity index (χ1v) is 7.61.